The Balaban J connectivity index is 1.74. The third kappa shape index (κ3) is 5.37. The summed E-state index contributed by atoms with van der Waals surface area (Å²) in [5.74, 6) is -1.41. The number of aromatic nitrogens is 1. The summed E-state index contributed by atoms with van der Waals surface area (Å²) in [6.07, 6.45) is 3.18. The lowest BCUT2D eigenvalue weighted by Crippen LogP contribution is -2.33. The molecule has 1 fully saturated rings. The van der Waals surface area contributed by atoms with Crippen LogP contribution in [0.1, 0.15) is 42.5 Å². The third-order valence-corrected chi connectivity index (χ3v) is 6.06. The first-order chi connectivity index (χ1) is 15.9. The van der Waals surface area contributed by atoms with Gasteiger partial charge < -0.3 is 14.3 Å². The predicted octanol–water partition coefficient (Wildman–Crippen LogP) is 4.60. The maximum absolute atomic E-state index is 14.8. The van der Waals surface area contributed by atoms with Gasteiger partial charge in [0.15, 0.2) is 0 Å². The van der Waals surface area contributed by atoms with Gasteiger partial charge in [0, 0.05) is 42.5 Å². The second-order valence-corrected chi connectivity index (χ2v) is 8.42. The highest BCUT2D eigenvalue weighted by molar-refractivity contribution is 6.12. The molecule has 0 N–H and O–H groups in total. The molecule has 2 aromatic carbocycles. The van der Waals surface area contributed by atoms with Gasteiger partial charge in [0.2, 0.25) is 0 Å². The summed E-state index contributed by atoms with van der Waals surface area (Å²) in [5.41, 5.74) is 1.62. The normalized spacial score (nSPS) is 16.5. The summed E-state index contributed by atoms with van der Waals surface area (Å²) in [6, 6.07) is 15.8. The number of nitrogens with zero attached hydrogens (tertiary/aromatic N) is 3. The van der Waals surface area contributed by atoms with Crippen molar-refractivity contribution in [1.82, 2.24) is 9.47 Å². The van der Waals surface area contributed by atoms with E-state index >= 15 is 0 Å². The van der Waals surface area contributed by atoms with Crippen molar-refractivity contribution in [1.29, 1.82) is 0 Å². The Kier molecular flexibility index (Phi) is 6.99. The van der Waals surface area contributed by atoms with E-state index in [0.717, 1.165) is 37.6 Å². The Morgan fingerprint density at radius 3 is 2.48 bits per heavy atom. The molecule has 1 aliphatic heterocycles. The zero-order valence-corrected chi connectivity index (χ0v) is 18.7. The number of likely N-dealkylation sites (tertiary alicyclic amines) is 1. The van der Waals surface area contributed by atoms with Crippen LogP contribution in [-0.2, 0) is 4.84 Å². The molecule has 0 amide bonds. The lowest BCUT2D eigenvalue weighted by atomic mass is 10.0. The highest BCUT2D eigenvalue weighted by atomic mass is 19.1. The van der Waals surface area contributed by atoms with Crippen LogP contribution in [0, 0.1) is 11.6 Å². The van der Waals surface area contributed by atoms with Gasteiger partial charge in [-0.05, 0) is 50.6 Å². The summed E-state index contributed by atoms with van der Waals surface area (Å²) in [6.45, 7) is 3.70. The Hall–Kier alpha value is -3.32. The molecule has 0 aliphatic carbocycles. The number of rotatable bonds is 6. The maximum Gasteiger partial charge on any atom is 0.251 e. The van der Waals surface area contributed by atoms with E-state index in [1.165, 1.54) is 18.2 Å². The molecule has 33 heavy (non-hydrogen) atoms. The van der Waals surface area contributed by atoms with Crippen molar-refractivity contribution in [3.8, 4) is 0 Å². The first-order valence-corrected chi connectivity index (χ1v) is 11.1. The minimum atomic E-state index is -0.741. The standard InChI is InChI=1S/C26H27F2N3O2/c1-18(19-6-4-3-5-7-19)31-17-20(8-11-25(31)32)26(23-10-9-21(27)16-24(23)28)29-33-22-12-14-30(2)15-13-22/h3-11,16-18,22H,12-15H2,1-2H3. The number of oxime groups is 1. The van der Waals surface area contributed by atoms with Gasteiger partial charge in [-0.2, -0.15) is 0 Å². The highest BCUT2D eigenvalue weighted by Crippen LogP contribution is 2.21. The third-order valence-electron chi connectivity index (χ3n) is 6.06. The lowest BCUT2D eigenvalue weighted by Gasteiger charge is -2.27. The molecule has 0 saturated carbocycles. The van der Waals surface area contributed by atoms with Gasteiger partial charge in [0.1, 0.15) is 23.5 Å². The van der Waals surface area contributed by atoms with Gasteiger partial charge in [-0.1, -0.05) is 35.5 Å². The van der Waals surface area contributed by atoms with Crippen LogP contribution < -0.4 is 5.56 Å². The number of benzene rings is 2. The van der Waals surface area contributed by atoms with Crippen LogP contribution in [0.25, 0.3) is 0 Å². The molecule has 1 saturated heterocycles. The summed E-state index contributed by atoms with van der Waals surface area (Å²) in [5, 5.41) is 4.33. The fraction of sp³-hybridized carbons (Fsp3) is 0.308. The zero-order valence-electron chi connectivity index (χ0n) is 18.7. The summed E-state index contributed by atoms with van der Waals surface area (Å²) < 4.78 is 29.9. The van der Waals surface area contributed by atoms with Crippen LogP contribution >= 0.6 is 0 Å². The summed E-state index contributed by atoms with van der Waals surface area (Å²) >= 11 is 0. The van der Waals surface area contributed by atoms with Gasteiger partial charge in [0.05, 0.1) is 6.04 Å². The van der Waals surface area contributed by atoms with E-state index in [-0.39, 0.29) is 29.0 Å². The SMILES string of the molecule is CC(c1ccccc1)n1cc(C(=NOC2CCN(C)CC2)c2ccc(F)cc2F)ccc1=O. The first kappa shape index (κ1) is 22.9. The van der Waals surface area contributed by atoms with Crippen molar-refractivity contribution in [2.45, 2.75) is 31.9 Å². The fourth-order valence-electron chi connectivity index (χ4n) is 3.99. The molecule has 0 spiro atoms. The van der Waals surface area contributed by atoms with Crippen LogP contribution in [0.5, 0.6) is 0 Å². The maximum atomic E-state index is 14.8. The van der Waals surface area contributed by atoms with Crippen molar-refractivity contribution in [3.05, 3.63) is 106 Å². The van der Waals surface area contributed by atoms with Gasteiger partial charge >= 0.3 is 0 Å². The highest BCUT2D eigenvalue weighted by Gasteiger charge is 2.21. The molecule has 1 aromatic heterocycles. The minimum Gasteiger partial charge on any atom is -0.392 e. The number of hydrogen-bond donors (Lipinski definition) is 0. The average molecular weight is 452 g/mol. The summed E-state index contributed by atoms with van der Waals surface area (Å²) in [7, 11) is 2.05. The van der Waals surface area contributed by atoms with Crippen LogP contribution in [0.4, 0.5) is 8.78 Å². The lowest BCUT2D eigenvalue weighted by molar-refractivity contribution is 0.0163. The van der Waals surface area contributed by atoms with Crippen LogP contribution in [0.15, 0.2) is 76.8 Å². The smallest absolute Gasteiger partial charge is 0.251 e. The van der Waals surface area contributed by atoms with Crippen molar-refractivity contribution in [2.24, 2.45) is 5.16 Å². The molecule has 5 nitrogen and oxygen atoms in total. The minimum absolute atomic E-state index is 0.0890. The molecule has 1 atom stereocenters. The largest absolute Gasteiger partial charge is 0.392 e. The van der Waals surface area contributed by atoms with Crippen molar-refractivity contribution < 1.29 is 13.6 Å². The zero-order chi connectivity index (χ0) is 23.4. The second-order valence-electron chi connectivity index (χ2n) is 8.42. The van der Waals surface area contributed by atoms with Crippen molar-refractivity contribution in [3.63, 3.8) is 0 Å². The van der Waals surface area contributed by atoms with Gasteiger partial charge in [-0.15, -0.1) is 0 Å². The molecule has 0 radical (unpaired) electrons. The molecule has 4 rings (SSSR count). The monoisotopic (exact) mass is 451 g/mol. The molecule has 7 heteroatoms. The number of pyridine rings is 1. The van der Waals surface area contributed by atoms with Crippen molar-refractivity contribution >= 4 is 5.71 Å². The second kappa shape index (κ2) is 10.1. The molecule has 3 aromatic rings. The van der Waals surface area contributed by atoms with Gasteiger partial charge in [-0.25, -0.2) is 8.78 Å². The molecule has 0 bridgehead atoms. The molecule has 2 heterocycles. The Morgan fingerprint density at radius 2 is 1.79 bits per heavy atom. The topological polar surface area (TPSA) is 46.8 Å². The molecule has 1 unspecified atom stereocenters. The van der Waals surface area contributed by atoms with E-state index in [1.807, 2.05) is 37.3 Å². The Morgan fingerprint density at radius 1 is 1.06 bits per heavy atom. The molecule has 1 aliphatic rings. The number of hydrogen-bond acceptors (Lipinski definition) is 4. The van der Waals surface area contributed by atoms with E-state index in [9.17, 15) is 13.6 Å². The Bertz CT molecular complexity index is 1190. The first-order valence-electron chi connectivity index (χ1n) is 11.1. The van der Waals surface area contributed by atoms with E-state index < -0.39 is 11.6 Å². The number of piperidine rings is 1. The van der Waals surface area contributed by atoms with Gasteiger partial charge in [0.25, 0.3) is 5.56 Å². The van der Waals surface area contributed by atoms with Crippen LogP contribution in [0.3, 0.4) is 0 Å². The van der Waals surface area contributed by atoms with Crippen molar-refractivity contribution in [2.75, 3.05) is 20.1 Å². The van der Waals surface area contributed by atoms with E-state index in [4.69, 9.17) is 4.84 Å². The average Bonchev–Trinajstić information content (AvgIpc) is 2.82. The molecular formula is C26H27F2N3O2. The Labute approximate surface area is 191 Å². The molecule has 172 valence electrons. The van der Waals surface area contributed by atoms with E-state index in [1.54, 1.807) is 16.8 Å². The van der Waals surface area contributed by atoms with E-state index in [0.29, 0.717) is 5.56 Å². The van der Waals surface area contributed by atoms with Crippen LogP contribution in [0.2, 0.25) is 0 Å². The summed E-state index contributed by atoms with van der Waals surface area (Å²) in [4.78, 5) is 20.7. The fourth-order valence-corrected chi connectivity index (χ4v) is 3.99. The molecular weight excluding hydrogens is 424 g/mol. The van der Waals surface area contributed by atoms with Gasteiger partial charge in [-0.3, -0.25) is 4.79 Å². The van der Waals surface area contributed by atoms with E-state index in [2.05, 4.69) is 17.1 Å². The van der Waals surface area contributed by atoms with Crippen LogP contribution in [-0.4, -0.2) is 41.4 Å². The predicted molar refractivity (Wildman–Crippen MR) is 125 cm³/mol. The number of halogens is 2. The quantitative estimate of drug-likeness (QED) is 0.407.